The van der Waals surface area contributed by atoms with Gasteiger partial charge in [0.05, 0.1) is 6.04 Å². The third-order valence-electron chi connectivity index (χ3n) is 2.68. The van der Waals surface area contributed by atoms with E-state index in [2.05, 4.69) is 37.8 Å². The summed E-state index contributed by atoms with van der Waals surface area (Å²) in [7, 11) is 2.16. The number of rotatable bonds is 1. The SMILES string of the molecule is Cc1[nH]c(C2CCCN2C)nc1Br. The predicted molar refractivity (Wildman–Crippen MR) is 55.6 cm³/mol. The fourth-order valence-corrected chi connectivity index (χ4v) is 2.16. The van der Waals surface area contributed by atoms with Gasteiger partial charge in [-0.1, -0.05) is 0 Å². The number of hydrogen-bond acceptors (Lipinski definition) is 2. The lowest BCUT2D eigenvalue weighted by Crippen LogP contribution is -2.18. The maximum atomic E-state index is 4.46. The Balaban J connectivity index is 2.24. The van der Waals surface area contributed by atoms with Gasteiger partial charge >= 0.3 is 0 Å². The van der Waals surface area contributed by atoms with Gasteiger partial charge in [0.15, 0.2) is 0 Å². The summed E-state index contributed by atoms with van der Waals surface area (Å²) in [6.07, 6.45) is 2.49. The van der Waals surface area contributed by atoms with E-state index in [4.69, 9.17) is 0 Å². The van der Waals surface area contributed by atoms with Crippen molar-refractivity contribution in [2.45, 2.75) is 25.8 Å². The minimum Gasteiger partial charge on any atom is -0.344 e. The first-order valence-electron chi connectivity index (χ1n) is 4.60. The molecule has 4 heteroatoms. The highest BCUT2D eigenvalue weighted by Crippen LogP contribution is 2.29. The molecule has 0 spiro atoms. The molecular formula is C9H14BrN3. The molecule has 0 aromatic carbocycles. The molecule has 1 aliphatic heterocycles. The molecular weight excluding hydrogens is 230 g/mol. The second-order valence-electron chi connectivity index (χ2n) is 3.68. The van der Waals surface area contributed by atoms with E-state index in [-0.39, 0.29) is 0 Å². The molecule has 0 saturated carbocycles. The molecule has 0 aliphatic carbocycles. The van der Waals surface area contributed by atoms with Gasteiger partial charge in [-0.25, -0.2) is 4.98 Å². The number of halogens is 1. The fourth-order valence-electron chi connectivity index (χ4n) is 1.87. The second kappa shape index (κ2) is 3.42. The number of nitrogens with one attached hydrogen (secondary N) is 1. The van der Waals surface area contributed by atoms with Crippen LogP contribution in [0.25, 0.3) is 0 Å². The quantitative estimate of drug-likeness (QED) is 0.821. The smallest absolute Gasteiger partial charge is 0.127 e. The molecule has 1 aromatic heterocycles. The maximum absolute atomic E-state index is 4.46. The maximum Gasteiger partial charge on any atom is 0.127 e. The van der Waals surface area contributed by atoms with Crippen LogP contribution in [-0.2, 0) is 0 Å². The highest BCUT2D eigenvalue weighted by molar-refractivity contribution is 9.10. The minimum atomic E-state index is 0.491. The van der Waals surface area contributed by atoms with Crippen LogP contribution in [0.2, 0.25) is 0 Å². The highest BCUT2D eigenvalue weighted by atomic mass is 79.9. The number of likely N-dealkylation sites (tertiary alicyclic amines) is 1. The molecule has 0 radical (unpaired) electrons. The number of hydrogen-bond donors (Lipinski definition) is 1. The summed E-state index contributed by atoms with van der Waals surface area (Å²) in [5.41, 5.74) is 1.12. The van der Waals surface area contributed by atoms with Gasteiger partial charge in [0, 0.05) is 5.69 Å². The number of aromatic nitrogens is 2. The Kier molecular flexibility index (Phi) is 2.43. The molecule has 1 fully saturated rings. The molecule has 13 heavy (non-hydrogen) atoms. The first-order chi connectivity index (χ1) is 6.18. The summed E-state index contributed by atoms with van der Waals surface area (Å²) in [5.74, 6) is 1.10. The lowest BCUT2D eigenvalue weighted by atomic mass is 10.2. The van der Waals surface area contributed by atoms with Gasteiger partial charge in [-0.15, -0.1) is 0 Å². The second-order valence-corrected chi connectivity index (χ2v) is 4.43. The average Bonchev–Trinajstić information content (AvgIpc) is 2.60. The Labute approximate surface area is 86.7 Å². The van der Waals surface area contributed by atoms with Crippen LogP contribution >= 0.6 is 15.9 Å². The number of imidazole rings is 1. The lowest BCUT2D eigenvalue weighted by Gasteiger charge is -2.16. The molecule has 1 saturated heterocycles. The van der Waals surface area contributed by atoms with Crippen LogP contribution in [0.4, 0.5) is 0 Å². The Morgan fingerprint density at radius 2 is 2.38 bits per heavy atom. The van der Waals surface area contributed by atoms with Crippen LogP contribution in [0.3, 0.4) is 0 Å². The average molecular weight is 244 g/mol. The van der Waals surface area contributed by atoms with Gasteiger partial charge in [0.25, 0.3) is 0 Å². The standard InChI is InChI=1S/C9H14BrN3/c1-6-8(10)12-9(11-6)7-4-3-5-13(7)2/h7H,3-5H2,1-2H3,(H,11,12). The van der Waals surface area contributed by atoms with Crippen molar-refractivity contribution >= 4 is 15.9 Å². The van der Waals surface area contributed by atoms with E-state index < -0.39 is 0 Å². The predicted octanol–water partition coefficient (Wildman–Crippen LogP) is 2.25. The van der Waals surface area contributed by atoms with Gasteiger partial charge < -0.3 is 4.98 Å². The number of aryl methyl sites for hydroxylation is 1. The fraction of sp³-hybridized carbons (Fsp3) is 0.667. The zero-order valence-electron chi connectivity index (χ0n) is 7.97. The Morgan fingerprint density at radius 1 is 1.62 bits per heavy atom. The third-order valence-corrected chi connectivity index (χ3v) is 3.45. The number of nitrogens with zero attached hydrogens (tertiary/aromatic N) is 2. The molecule has 1 N–H and O–H groups in total. The van der Waals surface area contributed by atoms with Crippen molar-refractivity contribution in [2.75, 3.05) is 13.6 Å². The van der Waals surface area contributed by atoms with E-state index in [1.54, 1.807) is 0 Å². The summed E-state index contributed by atoms with van der Waals surface area (Å²) in [5, 5.41) is 0. The van der Waals surface area contributed by atoms with E-state index in [0.717, 1.165) is 16.1 Å². The van der Waals surface area contributed by atoms with E-state index in [1.165, 1.54) is 19.4 Å². The largest absolute Gasteiger partial charge is 0.344 e. The normalized spacial score (nSPS) is 24.1. The van der Waals surface area contributed by atoms with Crippen molar-refractivity contribution in [3.05, 3.63) is 16.1 Å². The lowest BCUT2D eigenvalue weighted by molar-refractivity contribution is 0.307. The van der Waals surface area contributed by atoms with Gasteiger partial charge in [-0.2, -0.15) is 0 Å². The minimum absolute atomic E-state index is 0.491. The molecule has 1 aliphatic rings. The molecule has 0 amide bonds. The highest BCUT2D eigenvalue weighted by Gasteiger charge is 2.25. The van der Waals surface area contributed by atoms with E-state index in [0.29, 0.717) is 6.04 Å². The van der Waals surface area contributed by atoms with Gasteiger partial charge in [0.2, 0.25) is 0 Å². The molecule has 3 nitrogen and oxygen atoms in total. The first kappa shape index (κ1) is 9.21. The number of aromatic amines is 1. The van der Waals surface area contributed by atoms with Crippen LogP contribution in [0, 0.1) is 6.92 Å². The van der Waals surface area contributed by atoms with Crippen LogP contribution in [0.5, 0.6) is 0 Å². The van der Waals surface area contributed by atoms with Crippen LogP contribution in [0.1, 0.15) is 30.4 Å². The molecule has 2 rings (SSSR count). The van der Waals surface area contributed by atoms with Gasteiger partial charge in [0.1, 0.15) is 10.4 Å². The summed E-state index contributed by atoms with van der Waals surface area (Å²) in [6.45, 7) is 3.22. The molecule has 1 unspecified atom stereocenters. The Morgan fingerprint density at radius 3 is 2.85 bits per heavy atom. The molecule has 1 atom stereocenters. The van der Waals surface area contributed by atoms with Crippen molar-refractivity contribution in [2.24, 2.45) is 0 Å². The van der Waals surface area contributed by atoms with E-state index in [9.17, 15) is 0 Å². The summed E-state index contributed by atoms with van der Waals surface area (Å²) >= 11 is 3.42. The molecule has 72 valence electrons. The van der Waals surface area contributed by atoms with Crippen LogP contribution in [-0.4, -0.2) is 28.5 Å². The van der Waals surface area contributed by atoms with Crippen molar-refractivity contribution in [3.63, 3.8) is 0 Å². The molecule has 1 aromatic rings. The van der Waals surface area contributed by atoms with E-state index in [1.807, 2.05) is 6.92 Å². The van der Waals surface area contributed by atoms with Crippen molar-refractivity contribution in [3.8, 4) is 0 Å². The summed E-state index contributed by atoms with van der Waals surface area (Å²) in [4.78, 5) is 10.1. The zero-order valence-corrected chi connectivity index (χ0v) is 9.56. The number of H-pyrrole nitrogens is 1. The molecule has 0 bridgehead atoms. The topological polar surface area (TPSA) is 31.9 Å². The van der Waals surface area contributed by atoms with Crippen molar-refractivity contribution < 1.29 is 0 Å². The summed E-state index contributed by atoms with van der Waals surface area (Å²) < 4.78 is 0.947. The van der Waals surface area contributed by atoms with E-state index >= 15 is 0 Å². The first-order valence-corrected chi connectivity index (χ1v) is 5.40. The van der Waals surface area contributed by atoms with Crippen molar-refractivity contribution in [1.29, 1.82) is 0 Å². The zero-order chi connectivity index (χ0) is 9.42. The molecule has 2 heterocycles. The van der Waals surface area contributed by atoms with Crippen LogP contribution < -0.4 is 0 Å². The third kappa shape index (κ3) is 1.65. The monoisotopic (exact) mass is 243 g/mol. The van der Waals surface area contributed by atoms with Crippen LogP contribution in [0.15, 0.2) is 4.60 Å². The van der Waals surface area contributed by atoms with Gasteiger partial charge in [-0.3, -0.25) is 4.90 Å². The van der Waals surface area contributed by atoms with Crippen molar-refractivity contribution in [1.82, 2.24) is 14.9 Å². The summed E-state index contributed by atoms with van der Waals surface area (Å²) in [6, 6.07) is 0.491. The van der Waals surface area contributed by atoms with Gasteiger partial charge in [-0.05, 0) is 49.3 Å². The Hall–Kier alpha value is -0.350. The Bertz CT molecular complexity index is 288.